The largest absolute Gasteiger partial charge is 0.469 e. The van der Waals surface area contributed by atoms with E-state index in [0.29, 0.717) is 12.1 Å². The number of fused-ring (bicyclic) bond motifs is 1. The van der Waals surface area contributed by atoms with Crippen LogP contribution in [0.15, 0.2) is 6.07 Å². The van der Waals surface area contributed by atoms with Gasteiger partial charge in [-0.25, -0.2) is 0 Å². The third-order valence-electron chi connectivity index (χ3n) is 4.13. The fourth-order valence-corrected chi connectivity index (χ4v) is 4.28. The molecule has 1 aromatic heterocycles. The van der Waals surface area contributed by atoms with Crippen LogP contribution < -0.4 is 0 Å². The first kappa shape index (κ1) is 14.6. The molecule has 1 unspecified atom stereocenters. The molecule has 5 heteroatoms. The van der Waals surface area contributed by atoms with Crippen LogP contribution in [0.3, 0.4) is 0 Å². The highest BCUT2D eigenvalue weighted by atomic mass is 127. The van der Waals surface area contributed by atoms with Gasteiger partial charge in [-0.05, 0) is 47.9 Å². The van der Waals surface area contributed by atoms with Gasteiger partial charge < -0.3 is 9.30 Å². The third kappa shape index (κ3) is 2.44. The number of rotatable bonds is 4. The summed E-state index contributed by atoms with van der Waals surface area (Å²) in [4.78, 5) is 22.9. The van der Waals surface area contributed by atoms with Crippen molar-refractivity contribution >= 4 is 34.8 Å². The Kier molecular flexibility index (Phi) is 4.32. The van der Waals surface area contributed by atoms with E-state index >= 15 is 0 Å². The van der Waals surface area contributed by atoms with Crippen LogP contribution in [0.4, 0.5) is 0 Å². The molecule has 0 aromatic carbocycles. The summed E-state index contributed by atoms with van der Waals surface area (Å²) in [7, 11) is 1.43. The number of nitrogens with zero attached hydrogens (tertiary/aromatic N) is 1. The maximum absolute atomic E-state index is 11.7. The molecule has 0 N–H and O–H groups in total. The van der Waals surface area contributed by atoms with E-state index in [4.69, 9.17) is 4.74 Å². The second-order valence-electron chi connectivity index (χ2n) is 5.03. The Morgan fingerprint density at radius 1 is 1.63 bits per heavy atom. The summed E-state index contributed by atoms with van der Waals surface area (Å²) in [5, 5.41) is 0. The molecule has 0 amide bonds. The molecule has 1 aliphatic rings. The molecule has 4 nitrogen and oxygen atoms in total. The molecule has 0 saturated carbocycles. The monoisotopic (exact) mass is 375 g/mol. The van der Waals surface area contributed by atoms with Gasteiger partial charge in [0.05, 0.1) is 19.2 Å². The fraction of sp³-hybridized carbons (Fsp3) is 0.571. The number of aldehydes is 1. The number of esters is 1. The number of aromatic nitrogens is 1. The van der Waals surface area contributed by atoms with Gasteiger partial charge in [0.2, 0.25) is 0 Å². The Balaban J connectivity index is 2.52. The van der Waals surface area contributed by atoms with Gasteiger partial charge in [0.25, 0.3) is 0 Å². The molecular formula is C14H18INO3. The van der Waals surface area contributed by atoms with Gasteiger partial charge in [0.15, 0.2) is 6.29 Å². The number of methoxy groups -OCH3 is 1. The Bertz CT molecular complexity index is 509. The molecule has 0 fully saturated rings. The van der Waals surface area contributed by atoms with Gasteiger partial charge in [-0.2, -0.15) is 0 Å². The Morgan fingerprint density at radius 3 is 2.95 bits per heavy atom. The zero-order chi connectivity index (χ0) is 14.0. The fourth-order valence-electron chi connectivity index (χ4n) is 3.10. The number of ether oxygens (including phenoxy) is 1. The van der Waals surface area contributed by atoms with Gasteiger partial charge in [-0.15, -0.1) is 0 Å². The number of halogens is 1. The molecule has 0 bridgehead atoms. The first-order valence-corrected chi connectivity index (χ1v) is 7.57. The lowest BCUT2D eigenvalue weighted by atomic mass is 9.73. The number of hydrogen-bond acceptors (Lipinski definition) is 3. The van der Waals surface area contributed by atoms with Crippen LogP contribution in [0, 0.1) is 3.57 Å². The van der Waals surface area contributed by atoms with Crippen molar-refractivity contribution in [2.45, 2.75) is 44.6 Å². The normalized spacial score (nSPS) is 21.8. The van der Waals surface area contributed by atoms with Crippen LogP contribution in [0.25, 0.3) is 0 Å². The average molecular weight is 375 g/mol. The third-order valence-corrected chi connectivity index (χ3v) is 4.95. The lowest BCUT2D eigenvalue weighted by Gasteiger charge is -2.38. The molecule has 104 valence electrons. The Morgan fingerprint density at radius 2 is 2.37 bits per heavy atom. The first-order chi connectivity index (χ1) is 9.07. The topological polar surface area (TPSA) is 48.3 Å². The summed E-state index contributed by atoms with van der Waals surface area (Å²) >= 11 is 2.26. The Labute approximate surface area is 126 Å². The van der Waals surface area contributed by atoms with Crippen LogP contribution in [-0.2, 0) is 21.5 Å². The molecule has 0 spiro atoms. The summed E-state index contributed by atoms with van der Waals surface area (Å²) in [6, 6.07) is 1.91. The highest BCUT2D eigenvalue weighted by molar-refractivity contribution is 14.1. The molecule has 1 aliphatic heterocycles. The van der Waals surface area contributed by atoms with E-state index in [9.17, 15) is 9.59 Å². The maximum Gasteiger partial charge on any atom is 0.306 e. The summed E-state index contributed by atoms with van der Waals surface area (Å²) in [5.41, 5.74) is 1.65. The van der Waals surface area contributed by atoms with E-state index in [1.54, 1.807) is 0 Å². The Hall–Kier alpha value is -0.850. The summed E-state index contributed by atoms with van der Waals surface area (Å²) < 4.78 is 8.00. The summed E-state index contributed by atoms with van der Waals surface area (Å²) in [6.07, 6.45) is 4.12. The first-order valence-electron chi connectivity index (χ1n) is 6.49. The second kappa shape index (κ2) is 5.64. The highest BCUT2D eigenvalue weighted by Crippen LogP contribution is 2.43. The zero-order valence-electron chi connectivity index (χ0n) is 11.2. The summed E-state index contributed by atoms with van der Waals surface area (Å²) in [6.45, 7) is 2.96. The number of carbonyl (C=O) groups is 2. The van der Waals surface area contributed by atoms with Gasteiger partial charge in [0.1, 0.15) is 0 Å². The number of hydrogen-bond donors (Lipinski definition) is 0. The number of carbonyl (C=O) groups excluding carboxylic acids is 2. The van der Waals surface area contributed by atoms with Crippen LogP contribution in [-0.4, -0.2) is 23.9 Å². The highest BCUT2D eigenvalue weighted by Gasteiger charge is 2.40. The predicted molar refractivity (Wildman–Crippen MR) is 80.4 cm³/mol. The maximum atomic E-state index is 11.7. The van der Waals surface area contributed by atoms with E-state index in [-0.39, 0.29) is 11.4 Å². The van der Waals surface area contributed by atoms with Gasteiger partial charge in [0, 0.05) is 21.2 Å². The molecular weight excluding hydrogens is 357 g/mol. The molecule has 1 atom stereocenters. The SMILES string of the molecule is CCC1(CC(=O)OC)CCCn2c(C=O)cc(I)c21. The minimum absolute atomic E-state index is 0.181. The van der Waals surface area contributed by atoms with Crippen LogP contribution >= 0.6 is 22.6 Å². The van der Waals surface area contributed by atoms with Crippen molar-refractivity contribution in [2.75, 3.05) is 7.11 Å². The van der Waals surface area contributed by atoms with Crippen molar-refractivity contribution < 1.29 is 14.3 Å². The van der Waals surface area contributed by atoms with Crippen LogP contribution in [0.5, 0.6) is 0 Å². The smallest absolute Gasteiger partial charge is 0.306 e. The molecule has 0 saturated heterocycles. The molecule has 19 heavy (non-hydrogen) atoms. The molecule has 1 aromatic rings. The lowest BCUT2D eigenvalue weighted by molar-refractivity contribution is -0.142. The predicted octanol–water partition coefficient (Wildman–Crippen LogP) is 2.91. The van der Waals surface area contributed by atoms with Gasteiger partial charge in [-0.3, -0.25) is 9.59 Å². The van der Waals surface area contributed by atoms with E-state index < -0.39 is 0 Å². The van der Waals surface area contributed by atoms with Crippen molar-refractivity contribution in [3.05, 3.63) is 21.0 Å². The van der Waals surface area contributed by atoms with Crippen LogP contribution in [0.2, 0.25) is 0 Å². The van der Waals surface area contributed by atoms with E-state index in [1.807, 2.05) is 6.07 Å². The summed E-state index contributed by atoms with van der Waals surface area (Å²) in [5.74, 6) is -0.181. The van der Waals surface area contributed by atoms with Crippen molar-refractivity contribution in [1.29, 1.82) is 0 Å². The molecule has 2 heterocycles. The van der Waals surface area contributed by atoms with E-state index in [2.05, 4.69) is 34.1 Å². The van der Waals surface area contributed by atoms with Crippen LogP contribution in [0.1, 0.15) is 48.8 Å². The van der Waals surface area contributed by atoms with Crippen molar-refractivity contribution in [3.63, 3.8) is 0 Å². The van der Waals surface area contributed by atoms with Gasteiger partial charge in [-0.1, -0.05) is 6.92 Å². The van der Waals surface area contributed by atoms with Gasteiger partial charge >= 0.3 is 5.97 Å². The lowest BCUT2D eigenvalue weighted by Crippen LogP contribution is -2.36. The molecule has 0 aliphatic carbocycles. The molecule has 2 rings (SSSR count). The second-order valence-corrected chi connectivity index (χ2v) is 6.19. The molecule has 0 radical (unpaired) electrons. The average Bonchev–Trinajstić information content (AvgIpc) is 2.76. The van der Waals surface area contributed by atoms with E-state index in [0.717, 1.165) is 41.4 Å². The van der Waals surface area contributed by atoms with Crippen molar-refractivity contribution in [3.8, 4) is 0 Å². The standard InChI is InChI=1S/C14H18INO3/c1-3-14(8-12(18)19-2)5-4-6-16-10(9-17)7-11(15)13(14)16/h7,9H,3-6,8H2,1-2H3. The van der Waals surface area contributed by atoms with Crippen molar-refractivity contribution in [1.82, 2.24) is 4.57 Å². The zero-order valence-corrected chi connectivity index (χ0v) is 13.4. The minimum Gasteiger partial charge on any atom is -0.469 e. The quantitative estimate of drug-likeness (QED) is 0.462. The van der Waals surface area contributed by atoms with Crippen molar-refractivity contribution in [2.24, 2.45) is 0 Å². The van der Waals surface area contributed by atoms with E-state index in [1.165, 1.54) is 7.11 Å². The minimum atomic E-state index is -0.191.